The topological polar surface area (TPSA) is 85.1 Å². The highest BCUT2D eigenvalue weighted by Gasteiger charge is 2.35. The van der Waals surface area contributed by atoms with Crippen LogP contribution in [-0.4, -0.2) is 60.0 Å². The van der Waals surface area contributed by atoms with E-state index in [0.717, 1.165) is 50.2 Å². The smallest absolute Gasteiger partial charge is 0.220 e. The zero-order valence-electron chi connectivity index (χ0n) is 18.1. The molecule has 3 heterocycles. The van der Waals surface area contributed by atoms with E-state index in [2.05, 4.69) is 52.0 Å². The summed E-state index contributed by atoms with van der Waals surface area (Å²) in [7, 11) is 2.14. The van der Waals surface area contributed by atoms with Crippen molar-refractivity contribution in [2.45, 2.75) is 39.2 Å². The van der Waals surface area contributed by atoms with Crippen LogP contribution in [-0.2, 0) is 4.79 Å². The van der Waals surface area contributed by atoms with Crippen molar-refractivity contribution in [2.75, 3.05) is 38.1 Å². The number of likely N-dealkylation sites (tertiary alicyclic amines) is 1. The van der Waals surface area contributed by atoms with Gasteiger partial charge in [0.15, 0.2) is 0 Å². The summed E-state index contributed by atoms with van der Waals surface area (Å²) >= 11 is 0. The summed E-state index contributed by atoms with van der Waals surface area (Å²) in [6, 6.07) is 6.06. The molecule has 2 atom stereocenters. The molecule has 2 fully saturated rings. The van der Waals surface area contributed by atoms with Gasteiger partial charge in [-0.2, -0.15) is 5.26 Å². The van der Waals surface area contributed by atoms with Crippen LogP contribution in [0.4, 0.5) is 5.69 Å². The highest BCUT2D eigenvalue weighted by atomic mass is 16.1. The molecule has 0 unspecified atom stereocenters. The van der Waals surface area contributed by atoms with Crippen molar-refractivity contribution in [2.24, 2.45) is 11.3 Å². The second kappa shape index (κ2) is 8.19. The first-order valence-electron chi connectivity index (χ1n) is 10.8. The van der Waals surface area contributed by atoms with Gasteiger partial charge in [-0.15, -0.1) is 0 Å². The van der Waals surface area contributed by atoms with E-state index in [1.165, 1.54) is 0 Å². The number of nitriles is 1. The van der Waals surface area contributed by atoms with Crippen LogP contribution >= 0.6 is 0 Å². The third-order valence-corrected chi connectivity index (χ3v) is 6.81. The SMILES string of the molecule is C[C@@H]1CN(c2ccc(C#N)c3nccnc23)C[C@@H]1NC(=O)CC1(C)CCN(C)CC1. The zero-order chi connectivity index (χ0) is 21.3. The number of amides is 1. The van der Waals surface area contributed by atoms with Gasteiger partial charge in [-0.05, 0) is 56.4 Å². The molecule has 1 N–H and O–H groups in total. The van der Waals surface area contributed by atoms with E-state index in [1.54, 1.807) is 12.4 Å². The first-order valence-corrected chi connectivity index (χ1v) is 10.8. The Morgan fingerprint density at radius 1 is 1.23 bits per heavy atom. The Morgan fingerprint density at radius 3 is 2.63 bits per heavy atom. The number of carbonyl (C=O) groups is 1. The maximum Gasteiger partial charge on any atom is 0.220 e. The molecule has 0 aliphatic carbocycles. The van der Waals surface area contributed by atoms with E-state index in [4.69, 9.17) is 0 Å². The number of aromatic nitrogens is 2. The molecule has 1 aromatic carbocycles. The Hall–Kier alpha value is -2.72. The summed E-state index contributed by atoms with van der Waals surface area (Å²) in [4.78, 5) is 26.3. The summed E-state index contributed by atoms with van der Waals surface area (Å²) in [5.41, 5.74) is 2.98. The molecule has 0 bridgehead atoms. The van der Waals surface area contributed by atoms with Gasteiger partial charge in [-0.1, -0.05) is 13.8 Å². The second-order valence-corrected chi connectivity index (χ2v) is 9.34. The molecule has 158 valence electrons. The van der Waals surface area contributed by atoms with Crippen LogP contribution in [0, 0.1) is 22.7 Å². The lowest BCUT2D eigenvalue weighted by Gasteiger charge is -2.37. The van der Waals surface area contributed by atoms with Gasteiger partial charge in [-0.3, -0.25) is 14.8 Å². The van der Waals surface area contributed by atoms with E-state index in [-0.39, 0.29) is 17.4 Å². The van der Waals surface area contributed by atoms with Crippen LogP contribution in [0.2, 0.25) is 0 Å². The van der Waals surface area contributed by atoms with Crippen LogP contribution in [0.5, 0.6) is 0 Å². The largest absolute Gasteiger partial charge is 0.367 e. The average Bonchev–Trinajstić information content (AvgIpc) is 3.09. The number of nitrogens with zero attached hydrogens (tertiary/aromatic N) is 5. The van der Waals surface area contributed by atoms with Crippen molar-refractivity contribution in [3.8, 4) is 6.07 Å². The molecule has 2 saturated heterocycles. The van der Waals surface area contributed by atoms with Crippen molar-refractivity contribution < 1.29 is 4.79 Å². The molecule has 4 rings (SSSR count). The Morgan fingerprint density at radius 2 is 1.93 bits per heavy atom. The standard InChI is InChI=1S/C23H30N6O/c1-16-14-29(19-5-4-17(13-24)21-22(19)26-9-8-25-21)15-18(16)27-20(30)12-23(2)6-10-28(3)11-7-23/h4-5,8-9,16,18H,6-7,10-12,14-15H2,1-3H3,(H,27,30)/t16-,18+/m1/s1. The highest BCUT2D eigenvalue weighted by molar-refractivity contribution is 5.92. The number of piperidine rings is 1. The van der Waals surface area contributed by atoms with Crippen LogP contribution in [0.3, 0.4) is 0 Å². The third kappa shape index (κ3) is 4.10. The van der Waals surface area contributed by atoms with Crippen molar-refractivity contribution in [3.05, 3.63) is 30.1 Å². The fraction of sp³-hybridized carbons (Fsp3) is 0.565. The monoisotopic (exact) mass is 406 g/mol. The quantitative estimate of drug-likeness (QED) is 0.840. The fourth-order valence-electron chi connectivity index (χ4n) is 4.72. The summed E-state index contributed by atoms with van der Waals surface area (Å²) in [6.07, 6.45) is 6.01. The Balaban J connectivity index is 1.45. The number of hydrogen-bond donors (Lipinski definition) is 1. The van der Waals surface area contributed by atoms with Gasteiger partial charge in [0.2, 0.25) is 5.91 Å². The lowest BCUT2D eigenvalue weighted by molar-refractivity contribution is -0.124. The highest BCUT2D eigenvalue weighted by Crippen LogP contribution is 2.34. The Kier molecular flexibility index (Phi) is 5.61. The molecule has 1 aromatic heterocycles. The first-order chi connectivity index (χ1) is 14.4. The Labute approximate surface area is 178 Å². The van der Waals surface area contributed by atoms with Crippen LogP contribution in [0.1, 0.15) is 38.7 Å². The normalized spacial score (nSPS) is 24.0. The molecule has 0 saturated carbocycles. The number of carbonyl (C=O) groups excluding carboxylic acids is 1. The molecular formula is C23H30N6O. The van der Waals surface area contributed by atoms with Gasteiger partial charge in [0.05, 0.1) is 17.3 Å². The molecule has 2 aromatic rings. The van der Waals surface area contributed by atoms with E-state index in [0.29, 0.717) is 23.4 Å². The third-order valence-electron chi connectivity index (χ3n) is 6.81. The van der Waals surface area contributed by atoms with E-state index in [1.807, 2.05) is 12.1 Å². The first kappa shape index (κ1) is 20.5. The molecule has 0 spiro atoms. The van der Waals surface area contributed by atoms with Gasteiger partial charge < -0.3 is 15.1 Å². The van der Waals surface area contributed by atoms with E-state index >= 15 is 0 Å². The molecule has 1 amide bonds. The number of benzene rings is 1. The predicted molar refractivity (Wildman–Crippen MR) is 117 cm³/mol. The molecule has 2 aliphatic heterocycles. The van der Waals surface area contributed by atoms with Gasteiger partial charge in [0, 0.05) is 31.9 Å². The number of rotatable bonds is 4. The van der Waals surface area contributed by atoms with Crippen molar-refractivity contribution in [1.29, 1.82) is 5.26 Å². The average molecular weight is 407 g/mol. The summed E-state index contributed by atoms with van der Waals surface area (Å²) in [5, 5.41) is 12.7. The minimum Gasteiger partial charge on any atom is -0.367 e. The number of anilines is 1. The van der Waals surface area contributed by atoms with E-state index in [9.17, 15) is 10.1 Å². The van der Waals surface area contributed by atoms with Gasteiger partial charge in [0.1, 0.15) is 17.1 Å². The lowest BCUT2D eigenvalue weighted by atomic mass is 9.77. The number of nitrogens with one attached hydrogen (secondary N) is 1. The zero-order valence-corrected chi connectivity index (χ0v) is 18.1. The minimum atomic E-state index is 0.0943. The maximum atomic E-state index is 12.8. The van der Waals surface area contributed by atoms with Gasteiger partial charge in [0.25, 0.3) is 0 Å². The predicted octanol–water partition coefficient (Wildman–Crippen LogP) is 2.56. The van der Waals surface area contributed by atoms with Crippen molar-refractivity contribution in [3.63, 3.8) is 0 Å². The maximum absolute atomic E-state index is 12.8. The van der Waals surface area contributed by atoms with Crippen molar-refractivity contribution in [1.82, 2.24) is 20.2 Å². The molecule has 30 heavy (non-hydrogen) atoms. The molecule has 7 heteroatoms. The van der Waals surface area contributed by atoms with E-state index < -0.39 is 0 Å². The lowest BCUT2D eigenvalue weighted by Crippen LogP contribution is -2.44. The molecular weight excluding hydrogens is 376 g/mol. The Bertz CT molecular complexity index is 975. The fourth-order valence-corrected chi connectivity index (χ4v) is 4.72. The van der Waals surface area contributed by atoms with Crippen LogP contribution in [0.15, 0.2) is 24.5 Å². The van der Waals surface area contributed by atoms with Gasteiger partial charge >= 0.3 is 0 Å². The summed E-state index contributed by atoms with van der Waals surface area (Å²) < 4.78 is 0. The minimum absolute atomic E-state index is 0.0943. The van der Waals surface area contributed by atoms with Crippen LogP contribution in [0.25, 0.3) is 11.0 Å². The molecule has 7 nitrogen and oxygen atoms in total. The molecule has 0 radical (unpaired) electrons. The summed E-state index contributed by atoms with van der Waals surface area (Å²) in [5.74, 6) is 0.492. The molecule has 2 aliphatic rings. The number of hydrogen-bond acceptors (Lipinski definition) is 6. The second-order valence-electron chi connectivity index (χ2n) is 9.34. The van der Waals surface area contributed by atoms with Crippen molar-refractivity contribution >= 4 is 22.6 Å². The summed E-state index contributed by atoms with van der Waals surface area (Å²) in [6.45, 7) is 8.12. The van der Waals surface area contributed by atoms with Gasteiger partial charge in [-0.25, -0.2) is 0 Å². The number of fused-ring (bicyclic) bond motifs is 1. The van der Waals surface area contributed by atoms with Crippen LogP contribution < -0.4 is 10.2 Å².